The second-order valence-corrected chi connectivity index (χ2v) is 23.6. The molecule has 0 spiro atoms. The van der Waals surface area contributed by atoms with Gasteiger partial charge in [0, 0.05) is 79.2 Å². The zero-order chi connectivity index (χ0) is 43.9. The lowest BCUT2D eigenvalue weighted by Crippen LogP contribution is -2.55. The SMILES string of the molecule is CC(C)(C)c1ccc(N2c3cc4c(sc5ccccc54)c4c3B(c3sc5cc6c(cc5c32)C(C)(C)CCC6(C)C)n2c3cc5ccccc5cc3c3cccc-4c32)c(-c2ccccc2)c1. The highest BCUT2D eigenvalue weighted by Gasteiger charge is 2.47. The smallest absolute Gasteiger partial charge is 0.343 e. The molecular weight excluding hydrogens is 824 g/mol. The fraction of sp³-hybridized carbons (Fsp3) is 0.200. The number of rotatable bonds is 2. The molecule has 0 saturated carbocycles. The third-order valence-electron chi connectivity index (χ3n) is 15.7. The molecule has 0 amide bonds. The summed E-state index contributed by atoms with van der Waals surface area (Å²) >= 11 is 4.01. The Balaban J connectivity index is 1.21. The first-order chi connectivity index (χ1) is 31.4. The molecule has 0 atom stereocenters. The van der Waals surface area contributed by atoms with Crippen molar-refractivity contribution in [3.05, 3.63) is 162 Å². The standard InChI is InChI=1S/C60H49BN2S2/c1-58(2,3)37-24-25-47(41(30-37)34-16-9-8-10-17-34)62-49-32-43-38-20-13-14-23-50(38)64-56(43)52-40-22-15-21-39-42-28-35-18-11-12-19-36(35)29-48(42)63(54(39)40)61(53(49)52)57-55(62)44-31-45-46(33-51(44)65-57)60(6,7)27-26-59(45,4)5/h8-25,28-33H,26-27H2,1-7H3. The van der Waals surface area contributed by atoms with E-state index < -0.39 is 0 Å². The number of aromatic nitrogens is 1. The van der Waals surface area contributed by atoms with E-state index in [-0.39, 0.29) is 23.1 Å². The highest BCUT2D eigenvalue weighted by Crippen LogP contribution is 2.56. The van der Waals surface area contributed by atoms with E-state index in [9.17, 15) is 0 Å². The van der Waals surface area contributed by atoms with E-state index in [2.05, 4.69) is 203 Å². The van der Waals surface area contributed by atoms with Crippen molar-refractivity contribution in [2.45, 2.75) is 77.6 Å². The van der Waals surface area contributed by atoms with Crippen molar-refractivity contribution in [2.75, 3.05) is 4.90 Å². The van der Waals surface area contributed by atoms with Gasteiger partial charge < -0.3 is 9.38 Å². The first-order valence-corrected chi connectivity index (χ1v) is 25.0. The van der Waals surface area contributed by atoms with E-state index in [1.807, 2.05) is 22.7 Å². The monoisotopic (exact) mass is 872 g/mol. The normalized spacial score (nSPS) is 16.0. The average Bonchev–Trinajstić information content (AvgIpc) is 3.97. The minimum Gasteiger partial charge on any atom is -0.375 e. The average molecular weight is 873 g/mol. The highest BCUT2D eigenvalue weighted by molar-refractivity contribution is 7.32. The van der Waals surface area contributed by atoms with Crippen molar-refractivity contribution >= 4 is 120 Å². The van der Waals surface area contributed by atoms with Crippen LogP contribution in [0.1, 0.15) is 78.0 Å². The molecule has 0 radical (unpaired) electrons. The second kappa shape index (κ2) is 12.8. The Hall–Kier alpha value is -6.14. The Morgan fingerprint density at radius 3 is 2.05 bits per heavy atom. The first kappa shape index (κ1) is 38.2. The van der Waals surface area contributed by atoms with Gasteiger partial charge in [-0.2, -0.15) is 0 Å². The third kappa shape index (κ3) is 5.12. The van der Waals surface area contributed by atoms with Crippen molar-refractivity contribution in [1.82, 2.24) is 4.48 Å². The van der Waals surface area contributed by atoms with E-state index in [0.29, 0.717) is 0 Å². The van der Waals surface area contributed by atoms with Gasteiger partial charge in [-0.1, -0.05) is 146 Å². The molecule has 1 aliphatic carbocycles. The van der Waals surface area contributed by atoms with Crippen molar-refractivity contribution in [2.24, 2.45) is 0 Å². The topological polar surface area (TPSA) is 8.17 Å². The third-order valence-corrected chi connectivity index (χ3v) is 18.1. The molecule has 0 N–H and O–H groups in total. The summed E-state index contributed by atoms with van der Waals surface area (Å²) in [5.41, 5.74) is 17.7. The van der Waals surface area contributed by atoms with Crippen molar-refractivity contribution in [3.8, 4) is 22.3 Å². The van der Waals surface area contributed by atoms with Gasteiger partial charge in [0.05, 0.1) is 11.4 Å². The summed E-state index contributed by atoms with van der Waals surface area (Å²) in [4.78, 5) is 2.74. The number of thiophene rings is 2. The maximum absolute atomic E-state index is 2.78. The van der Waals surface area contributed by atoms with E-state index >= 15 is 0 Å². The molecule has 0 saturated heterocycles. The molecule has 11 aromatic rings. The fourth-order valence-electron chi connectivity index (χ4n) is 12.2. The molecule has 5 heterocycles. The molecule has 3 aromatic heterocycles. The van der Waals surface area contributed by atoms with Gasteiger partial charge in [-0.15, -0.1) is 22.7 Å². The number of para-hydroxylation sites is 1. The summed E-state index contributed by atoms with van der Waals surface area (Å²) in [5, 5.41) is 9.27. The van der Waals surface area contributed by atoms with Crippen molar-refractivity contribution in [1.29, 1.82) is 0 Å². The van der Waals surface area contributed by atoms with Crippen LogP contribution in [-0.4, -0.2) is 11.3 Å². The predicted octanol–water partition coefficient (Wildman–Crippen LogP) is 16.3. The van der Waals surface area contributed by atoms with Gasteiger partial charge in [-0.05, 0) is 116 Å². The summed E-state index contributed by atoms with van der Waals surface area (Å²) in [6.07, 6.45) is 2.37. The summed E-state index contributed by atoms with van der Waals surface area (Å²) in [5.74, 6) is 0. The van der Waals surface area contributed by atoms with Gasteiger partial charge in [0.25, 0.3) is 0 Å². The molecule has 0 bridgehead atoms. The van der Waals surface area contributed by atoms with Gasteiger partial charge in [0.15, 0.2) is 0 Å². The van der Waals surface area contributed by atoms with Crippen molar-refractivity contribution in [3.63, 3.8) is 0 Å². The fourth-order valence-corrected chi connectivity index (χ4v) is 14.8. The van der Waals surface area contributed by atoms with E-state index in [4.69, 9.17) is 0 Å². The van der Waals surface area contributed by atoms with Gasteiger partial charge >= 0.3 is 6.85 Å². The summed E-state index contributed by atoms with van der Waals surface area (Å²) in [7, 11) is 0. The lowest BCUT2D eigenvalue weighted by atomic mass is 9.48. The minimum absolute atomic E-state index is 0.0187. The Morgan fingerprint density at radius 2 is 1.26 bits per heavy atom. The van der Waals surface area contributed by atoms with Crippen LogP contribution in [0.4, 0.5) is 17.1 Å². The largest absolute Gasteiger partial charge is 0.375 e. The molecule has 0 unspecified atom stereocenters. The zero-order valence-electron chi connectivity index (χ0n) is 38.1. The minimum atomic E-state index is -0.0265. The number of hydrogen-bond acceptors (Lipinski definition) is 3. The lowest BCUT2D eigenvalue weighted by Gasteiger charge is -2.42. The van der Waals surface area contributed by atoms with E-state index in [1.165, 1.54) is 142 Å². The summed E-state index contributed by atoms with van der Waals surface area (Å²) in [6.45, 7) is 16.9. The maximum Gasteiger partial charge on any atom is 0.343 e. The Labute approximate surface area is 388 Å². The van der Waals surface area contributed by atoms with Crippen LogP contribution in [0, 0.1) is 0 Å². The Bertz CT molecular complexity index is 3890. The molecule has 14 rings (SSSR count). The molecule has 5 heteroatoms. The molecule has 8 aromatic carbocycles. The van der Waals surface area contributed by atoms with Gasteiger partial charge in [-0.25, -0.2) is 0 Å². The molecule has 3 aliphatic rings. The Kier molecular flexibility index (Phi) is 7.52. The van der Waals surface area contributed by atoms with Crippen LogP contribution in [0.2, 0.25) is 0 Å². The molecule has 0 fully saturated rings. The van der Waals surface area contributed by atoms with Crippen LogP contribution in [-0.2, 0) is 16.2 Å². The maximum atomic E-state index is 2.78. The first-order valence-electron chi connectivity index (χ1n) is 23.4. The number of anilines is 3. The molecular formula is C60H49BN2S2. The van der Waals surface area contributed by atoms with E-state index in [1.54, 1.807) is 0 Å². The molecule has 2 nitrogen and oxygen atoms in total. The van der Waals surface area contributed by atoms with Crippen molar-refractivity contribution < 1.29 is 0 Å². The number of fused-ring (bicyclic) bond motifs is 15. The molecule has 2 aliphatic heterocycles. The van der Waals surface area contributed by atoms with Crippen LogP contribution < -0.4 is 15.1 Å². The lowest BCUT2D eigenvalue weighted by molar-refractivity contribution is 0.332. The number of nitrogens with zero attached hydrogens (tertiary/aromatic N) is 2. The number of hydrogen-bond donors (Lipinski definition) is 0. The van der Waals surface area contributed by atoms with Gasteiger partial charge in [0.2, 0.25) is 0 Å². The Morgan fingerprint density at radius 1 is 0.554 bits per heavy atom. The van der Waals surface area contributed by atoms with Crippen LogP contribution >= 0.6 is 22.7 Å². The van der Waals surface area contributed by atoms with Crippen LogP contribution in [0.5, 0.6) is 0 Å². The number of benzene rings is 8. The quantitative estimate of drug-likeness (QED) is 0.157. The predicted molar refractivity (Wildman–Crippen MR) is 285 cm³/mol. The highest BCUT2D eigenvalue weighted by atomic mass is 32.1. The molecule has 314 valence electrons. The second-order valence-electron chi connectivity index (χ2n) is 21.5. The molecule has 65 heavy (non-hydrogen) atoms. The van der Waals surface area contributed by atoms with Crippen LogP contribution in [0.25, 0.3) is 85.1 Å². The summed E-state index contributed by atoms with van der Waals surface area (Å²) in [6, 6.07) is 56.5. The van der Waals surface area contributed by atoms with E-state index in [0.717, 1.165) is 0 Å². The van der Waals surface area contributed by atoms with Crippen LogP contribution in [0.15, 0.2) is 146 Å². The van der Waals surface area contributed by atoms with Crippen LogP contribution in [0.3, 0.4) is 0 Å². The zero-order valence-corrected chi connectivity index (χ0v) is 39.7. The summed E-state index contributed by atoms with van der Waals surface area (Å²) < 4.78 is 8.31. The van der Waals surface area contributed by atoms with Gasteiger partial charge in [0.1, 0.15) is 0 Å². The van der Waals surface area contributed by atoms with Gasteiger partial charge in [-0.3, -0.25) is 0 Å².